The Morgan fingerprint density at radius 3 is 2.40 bits per heavy atom. The second-order valence-corrected chi connectivity index (χ2v) is 6.80. The first-order valence-corrected chi connectivity index (χ1v) is 8.52. The van der Waals surface area contributed by atoms with Gasteiger partial charge in [0.05, 0.1) is 11.1 Å². The molecule has 1 aromatic carbocycles. The number of nitrogens with zero attached hydrogens (tertiary/aromatic N) is 1. The van der Waals surface area contributed by atoms with Crippen molar-refractivity contribution in [3.63, 3.8) is 0 Å². The fourth-order valence-corrected chi connectivity index (χ4v) is 3.12. The maximum atomic E-state index is 13.2. The molecule has 1 fully saturated rings. The lowest BCUT2D eigenvalue weighted by atomic mass is 9.98. The number of hydrogen-bond donors (Lipinski definition) is 1. The van der Waals surface area contributed by atoms with Gasteiger partial charge >= 0.3 is 6.18 Å². The zero-order chi connectivity index (χ0) is 18.6. The number of hydrogen-bond acceptors (Lipinski definition) is 2. The van der Waals surface area contributed by atoms with E-state index in [-0.39, 0.29) is 17.5 Å². The molecule has 1 aliphatic heterocycles. The highest BCUT2D eigenvalue weighted by molar-refractivity contribution is 5.97. The summed E-state index contributed by atoms with van der Waals surface area (Å²) in [6, 6.07) is 2.87. The zero-order valence-electron chi connectivity index (χ0n) is 14.5. The highest BCUT2D eigenvalue weighted by atomic mass is 19.4. The molecule has 2 rings (SSSR count). The largest absolute Gasteiger partial charge is 0.417 e. The van der Waals surface area contributed by atoms with Crippen LogP contribution in [-0.2, 0) is 12.9 Å². The average Bonchev–Trinajstić information content (AvgIpc) is 3.05. The van der Waals surface area contributed by atoms with Crippen LogP contribution in [0.25, 0.3) is 0 Å². The van der Waals surface area contributed by atoms with Crippen molar-refractivity contribution >= 4 is 5.91 Å². The van der Waals surface area contributed by atoms with E-state index in [1.165, 1.54) is 6.07 Å². The van der Waals surface area contributed by atoms with E-state index in [1.54, 1.807) is 0 Å². The van der Waals surface area contributed by atoms with Crippen LogP contribution in [0.3, 0.4) is 0 Å². The number of nitrogens with one attached hydrogen (secondary N) is 1. The molecule has 0 radical (unpaired) electrons. The summed E-state index contributed by atoms with van der Waals surface area (Å²) in [5.74, 6) is -0.810. The maximum Gasteiger partial charge on any atom is 0.417 e. The van der Waals surface area contributed by atoms with E-state index >= 15 is 0 Å². The smallest absolute Gasteiger partial charge is 0.348 e. The summed E-state index contributed by atoms with van der Waals surface area (Å²) in [4.78, 5) is 14.8. The number of rotatable bonds is 6. The summed E-state index contributed by atoms with van der Waals surface area (Å²) in [5.41, 5.74) is -1.94. The molecule has 1 aromatic rings. The molecule has 7 heteroatoms. The third kappa shape index (κ3) is 4.93. The van der Waals surface area contributed by atoms with Crippen LogP contribution >= 0.6 is 0 Å². The van der Waals surface area contributed by atoms with Crippen molar-refractivity contribution in [2.75, 3.05) is 19.6 Å². The molecule has 0 spiro atoms. The molecule has 0 aliphatic carbocycles. The molecule has 1 aliphatic rings. The van der Waals surface area contributed by atoms with Crippen molar-refractivity contribution in [3.8, 4) is 0 Å². The molecule has 140 valence electrons. The van der Waals surface area contributed by atoms with Crippen LogP contribution in [0.2, 0.25) is 0 Å². The van der Waals surface area contributed by atoms with Crippen LogP contribution in [0.4, 0.5) is 17.6 Å². The molecule has 1 heterocycles. The molecule has 3 nitrogen and oxygen atoms in total. The highest BCUT2D eigenvalue weighted by Gasteiger charge is 2.37. The first kappa shape index (κ1) is 19.7. The monoisotopic (exact) mass is 360 g/mol. The van der Waals surface area contributed by atoms with Gasteiger partial charge in [-0.15, -0.1) is 0 Å². The van der Waals surface area contributed by atoms with E-state index in [0.717, 1.165) is 38.1 Å². The van der Waals surface area contributed by atoms with Crippen molar-refractivity contribution in [1.29, 1.82) is 0 Å². The van der Waals surface area contributed by atoms with E-state index < -0.39 is 29.9 Å². The van der Waals surface area contributed by atoms with E-state index in [1.807, 2.05) is 13.8 Å². The number of carbonyl (C=O) groups excluding carboxylic acids is 1. The predicted molar refractivity (Wildman–Crippen MR) is 88.0 cm³/mol. The molecule has 1 saturated heterocycles. The predicted octanol–water partition coefficient (Wildman–Crippen LogP) is 4.03. The normalized spacial score (nSPS) is 17.1. The van der Waals surface area contributed by atoms with Gasteiger partial charge in [0.15, 0.2) is 0 Å². The van der Waals surface area contributed by atoms with Crippen LogP contribution in [-0.4, -0.2) is 36.5 Å². The summed E-state index contributed by atoms with van der Waals surface area (Å²) in [7, 11) is 0. The standard InChI is InChI=1S/C18H24F4N2O/c1-12(2)15(11-24-8-3-4-9-24)23-17(25)16-13(10-19)6-5-7-14(16)18(20,21)22/h5-7,12,15H,3-4,8-11H2,1-2H3,(H,23,25). The van der Waals surface area contributed by atoms with Gasteiger partial charge in [-0.1, -0.05) is 26.0 Å². The van der Waals surface area contributed by atoms with Crippen LogP contribution in [0.5, 0.6) is 0 Å². The molecule has 0 aromatic heterocycles. The van der Waals surface area contributed by atoms with Crippen molar-refractivity contribution in [1.82, 2.24) is 10.2 Å². The summed E-state index contributed by atoms with van der Waals surface area (Å²) < 4.78 is 52.9. The maximum absolute atomic E-state index is 13.2. The molecule has 0 bridgehead atoms. The van der Waals surface area contributed by atoms with Gasteiger partial charge in [-0.25, -0.2) is 4.39 Å². The van der Waals surface area contributed by atoms with Crippen molar-refractivity contribution in [2.24, 2.45) is 5.92 Å². The molecular weight excluding hydrogens is 336 g/mol. The number of amides is 1. The van der Waals surface area contributed by atoms with E-state index in [4.69, 9.17) is 0 Å². The third-order valence-electron chi connectivity index (χ3n) is 4.60. The highest BCUT2D eigenvalue weighted by Crippen LogP contribution is 2.33. The molecule has 1 unspecified atom stereocenters. The van der Waals surface area contributed by atoms with Crippen LogP contribution < -0.4 is 5.32 Å². The van der Waals surface area contributed by atoms with Gasteiger partial charge in [0, 0.05) is 12.6 Å². The van der Waals surface area contributed by atoms with Gasteiger partial charge in [-0.05, 0) is 43.5 Å². The first-order valence-electron chi connectivity index (χ1n) is 8.52. The fourth-order valence-electron chi connectivity index (χ4n) is 3.12. The average molecular weight is 360 g/mol. The van der Waals surface area contributed by atoms with Crippen LogP contribution in [0.1, 0.15) is 48.2 Å². The summed E-state index contributed by atoms with van der Waals surface area (Å²) >= 11 is 0. The van der Waals surface area contributed by atoms with Gasteiger partial charge < -0.3 is 10.2 Å². The minimum absolute atomic E-state index is 0.0522. The van der Waals surface area contributed by atoms with E-state index in [9.17, 15) is 22.4 Å². The molecule has 1 amide bonds. The molecule has 1 atom stereocenters. The Hall–Kier alpha value is -1.63. The molecule has 25 heavy (non-hydrogen) atoms. The van der Waals surface area contributed by atoms with E-state index in [0.29, 0.717) is 6.54 Å². The summed E-state index contributed by atoms with van der Waals surface area (Å²) in [6.45, 7) is 5.13. The number of alkyl halides is 4. The summed E-state index contributed by atoms with van der Waals surface area (Å²) in [5, 5.41) is 2.70. The minimum atomic E-state index is -4.71. The van der Waals surface area contributed by atoms with Gasteiger partial charge in [0.2, 0.25) is 0 Å². The van der Waals surface area contributed by atoms with Gasteiger partial charge in [0.25, 0.3) is 5.91 Å². The molecule has 1 N–H and O–H groups in total. The second kappa shape index (κ2) is 8.17. The van der Waals surface area contributed by atoms with Crippen LogP contribution in [0, 0.1) is 5.92 Å². The molecular formula is C18H24F4N2O. The summed E-state index contributed by atoms with van der Waals surface area (Å²) in [6.07, 6.45) is -2.54. The lowest BCUT2D eigenvalue weighted by molar-refractivity contribution is -0.138. The Bertz CT molecular complexity index is 595. The van der Waals surface area contributed by atoms with Gasteiger partial charge in [-0.2, -0.15) is 13.2 Å². The number of carbonyl (C=O) groups is 1. The minimum Gasteiger partial charge on any atom is -0.348 e. The van der Waals surface area contributed by atoms with Crippen molar-refractivity contribution < 1.29 is 22.4 Å². The quantitative estimate of drug-likeness (QED) is 0.777. The Morgan fingerprint density at radius 1 is 1.24 bits per heavy atom. The fraction of sp³-hybridized carbons (Fsp3) is 0.611. The zero-order valence-corrected chi connectivity index (χ0v) is 14.5. The first-order chi connectivity index (χ1) is 11.7. The van der Waals surface area contributed by atoms with Crippen molar-refractivity contribution in [2.45, 2.75) is 45.6 Å². The number of benzene rings is 1. The Balaban J connectivity index is 2.25. The van der Waals surface area contributed by atoms with Gasteiger partial charge in [0.1, 0.15) is 6.67 Å². The topological polar surface area (TPSA) is 32.3 Å². The van der Waals surface area contributed by atoms with Gasteiger partial charge in [-0.3, -0.25) is 4.79 Å². The Kier molecular flexibility index (Phi) is 6.43. The SMILES string of the molecule is CC(C)C(CN1CCCC1)NC(=O)c1c(CF)cccc1C(F)(F)F. The van der Waals surface area contributed by atoms with Crippen LogP contribution in [0.15, 0.2) is 18.2 Å². The Morgan fingerprint density at radius 2 is 1.88 bits per heavy atom. The third-order valence-corrected chi connectivity index (χ3v) is 4.60. The van der Waals surface area contributed by atoms with Crippen molar-refractivity contribution in [3.05, 3.63) is 34.9 Å². The van der Waals surface area contributed by atoms with E-state index in [2.05, 4.69) is 10.2 Å². The lowest BCUT2D eigenvalue weighted by Crippen LogP contribution is -2.46. The lowest BCUT2D eigenvalue weighted by Gasteiger charge is -2.28. The number of halogens is 4. The number of likely N-dealkylation sites (tertiary alicyclic amines) is 1. The second-order valence-electron chi connectivity index (χ2n) is 6.80. The Labute approximate surface area is 145 Å². The molecule has 0 saturated carbocycles.